The zero-order valence-corrected chi connectivity index (χ0v) is 10.5. The van der Waals surface area contributed by atoms with Crippen LogP contribution in [0.4, 0.5) is 5.82 Å². The molecule has 0 aliphatic carbocycles. The molecular weight excluding hydrogens is 242 g/mol. The van der Waals surface area contributed by atoms with Crippen LogP contribution in [0.2, 0.25) is 0 Å². The Labute approximate surface area is 103 Å². The van der Waals surface area contributed by atoms with Gasteiger partial charge < -0.3 is 15.5 Å². The van der Waals surface area contributed by atoms with Crippen LogP contribution in [0.3, 0.4) is 0 Å². The Hall–Kier alpha value is -1.50. The van der Waals surface area contributed by atoms with Gasteiger partial charge in [0.2, 0.25) is 0 Å². The zero-order valence-electron chi connectivity index (χ0n) is 9.73. The molecule has 0 radical (unpaired) electrons. The molecule has 6 nitrogen and oxygen atoms in total. The summed E-state index contributed by atoms with van der Waals surface area (Å²) in [5.41, 5.74) is 5.15. The van der Waals surface area contributed by atoms with E-state index in [4.69, 9.17) is 10.5 Å². The topological polar surface area (TPSA) is 98.1 Å². The number of esters is 1. The lowest BCUT2D eigenvalue weighted by molar-refractivity contribution is -0.142. The Morgan fingerprint density at radius 2 is 2.41 bits per heavy atom. The molecule has 0 amide bonds. The Kier molecular flexibility index (Phi) is 5.02. The molecule has 0 aliphatic rings. The highest BCUT2D eigenvalue weighted by Gasteiger charge is 2.12. The number of nitrogens with two attached hydrogens (primary N) is 1. The lowest BCUT2D eigenvalue weighted by Crippen LogP contribution is -2.13. The van der Waals surface area contributed by atoms with E-state index in [9.17, 15) is 9.59 Å². The summed E-state index contributed by atoms with van der Waals surface area (Å²) in [6.07, 6.45) is 0.261. The van der Waals surface area contributed by atoms with E-state index in [2.05, 4.69) is 9.97 Å². The third-order valence-electron chi connectivity index (χ3n) is 1.81. The molecular formula is C10H15N3O3S. The Bertz CT molecular complexity index is 447. The molecule has 17 heavy (non-hydrogen) atoms. The first kappa shape index (κ1) is 13.6. The molecule has 0 spiro atoms. The minimum atomic E-state index is -0.302. The standard InChI is InChI=1S/C10H15N3O3S/c1-3-16-9(15)4-6(2)17-10-12-7(11)5-8(14)13-10/h5-6H,3-4H2,1-2H3,(H3,11,12,13,14). The van der Waals surface area contributed by atoms with Gasteiger partial charge in [-0.3, -0.25) is 9.59 Å². The number of H-pyrrole nitrogens is 1. The highest BCUT2D eigenvalue weighted by Crippen LogP contribution is 2.21. The van der Waals surface area contributed by atoms with Crippen molar-refractivity contribution in [1.82, 2.24) is 9.97 Å². The van der Waals surface area contributed by atoms with Crippen molar-refractivity contribution in [3.05, 3.63) is 16.4 Å². The summed E-state index contributed by atoms with van der Waals surface area (Å²) in [6.45, 7) is 3.97. The number of rotatable bonds is 5. The number of aromatic amines is 1. The second-order valence-electron chi connectivity index (χ2n) is 3.41. The maximum Gasteiger partial charge on any atom is 0.306 e. The van der Waals surface area contributed by atoms with Gasteiger partial charge in [0.15, 0.2) is 5.16 Å². The first-order chi connectivity index (χ1) is 8.01. The Morgan fingerprint density at radius 3 is 3.00 bits per heavy atom. The van der Waals surface area contributed by atoms with Gasteiger partial charge in [-0.05, 0) is 6.92 Å². The molecule has 3 N–H and O–H groups in total. The van der Waals surface area contributed by atoms with Crippen molar-refractivity contribution in [2.24, 2.45) is 0 Å². The molecule has 1 heterocycles. The van der Waals surface area contributed by atoms with Crippen molar-refractivity contribution in [1.29, 1.82) is 0 Å². The number of nitrogen functional groups attached to an aromatic ring is 1. The number of carbonyl (C=O) groups excluding carboxylic acids is 1. The molecule has 1 atom stereocenters. The minimum absolute atomic E-state index is 0.0426. The van der Waals surface area contributed by atoms with Crippen LogP contribution in [-0.2, 0) is 9.53 Å². The summed E-state index contributed by atoms with van der Waals surface area (Å²) >= 11 is 1.28. The smallest absolute Gasteiger partial charge is 0.306 e. The average Bonchev–Trinajstić information content (AvgIpc) is 2.14. The second-order valence-corrected chi connectivity index (χ2v) is 4.84. The van der Waals surface area contributed by atoms with Crippen molar-refractivity contribution in [3.8, 4) is 0 Å². The van der Waals surface area contributed by atoms with E-state index >= 15 is 0 Å². The Morgan fingerprint density at radius 1 is 1.71 bits per heavy atom. The van der Waals surface area contributed by atoms with Crippen LogP contribution >= 0.6 is 11.8 Å². The van der Waals surface area contributed by atoms with Gasteiger partial charge in [-0.2, -0.15) is 0 Å². The van der Waals surface area contributed by atoms with Gasteiger partial charge in [-0.25, -0.2) is 4.98 Å². The van der Waals surface area contributed by atoms with Crippen LogP contribution in [0.25, 0.3) is 0 Å². The fourth-order valence-corrected chi connectivity index (χ4v) is 2.11. The van der Waals surface area contributed by atoms with Crippen LogP contribution in [-0.4, -0.2) is 27.8 Å². The fourth-order valence-electron chi connectivity index (χ4n) is 1.20. The molecule has 1 rings (SSSR count). The summed E-state index contributed by atoms with van der Waals surface area (Å²) in [7, 11) is 0. The fraction of sp³-hybridized carbons (Fsp3) is 0.500. The van der Waals surface area contributed by atoms with Crippen molar-refractivity contribution in [3.63, 3.8) is 0 Å². The lowest BCUT2D eigenvalue weighted by atomic mass is 10.3. The van der Waals surface area contributed by atoms with Gasteiger partial charge in [-0.1, -0.05) is 18.7 Å². The van der Waals surface area contributed by atoms with E-state index in [1.807, 2.05) is 6.92 Å². The summed E-state index contributed by atoms with van der Waals surface area (Å²) in [4.78, 5) is 28.9. The zero-order chi connectivity index (χ0) is 12.8. The van der Waals surface area contributed by atoms with E-state index < -0.39 is 0 Å². The van der Waals surface area contributed by atoms with Gasteiger partial charge in [0.05, 0.1) is 13.0 Å². The monoisotopic (exact) mass is 257 g/mol. The van der Waals surface area contributed by atoms with Crippen LogP contribution in [0, 0.1) is 0 Å². The van der Waals surface area contributed by atoms with E-state index in [1.165, 1.54) is 17.8 Å². The third-order valence-corrected chi connectivity index (χ3v) is 2.80. The predicted octanol–water partition coefficient (Wildman–Crippen LogP) is 0.786. The van der Waals surface area contributed by atoms with Crippen molar-refractivity contribution in [2.75, 3.05) is 12.3 Å². The summed E-state index contributed by atoms with van der Waals surface area (Å²) < 4.78 is 4.83. The highest BCUT2D eigenvalue weighted by molar-refractivity contribution is 7.99. The quantitative estimate of drug-likeness (QED) is 0.459. The van der Waals surface area contributed by atoms with E-state index in [-0.39, 0.29) is 29.0 Å². The lowest BCUT2D eigenvalue weighted by Gasteiger charge is -2.09. The maximum absolute atomic E-state index is 11.2. The molecule has 1 aromatic rings. The average molecular weight is 257 g/mol. The summed E-state index contributed by atoms with van der Waals surface area (Å²) in [6, 6.07) is 1.21. The molecule has 0 aromatic carbocycles. The molecule has 1 unspecified atom stereocenters. The van der Waals surface area contributed by atoms with Gasteiger partial charge in [-0.15, -0.1) is 0 Å². The van der Waals surface area contributed by atoms with Gasteiger partial charge in [0.25, 0.3) is 5.56 Å². The molecule has 0 bridgehead atoms. The summed E-state index contributed by atoms with van der Waals surface area (Å²) in [5.74, 6) is -0.0988. The molecule has 0 fully saturated rings. The largest absolute Gasteiger partial charge is 0.466 e. The SMILES string of the molecule is CCOC(=O)CC(C)Sc1nc(N)cc(=O)[nH]1. The molecule has 0 saturated heterocycles. The van der Waals surface area contributed by atoms with Crippen molar-refractivity contribution >= 4 is 23.5 Å². The van der Waals surface area contributed by atoms with Crippen molar-refractivity contribution in [2.45, 2.75) is 30.7 Å². The van der Waals surface area contributed by atoms with Crippen LogP contribution in [0.15, 0.2) is 16.0 Å². The van der Waals surface area contributed by atoms with Gasteiger partial charge in [0.1, 0.15) is 5.82 Å². The van der Waals surface area contributed by atoms with E-state index in [1.54, 1.807) is 6.92 Å². The summed E-state index contributed by atoms with van der Waals surface area (Å²) in [5, 5.41) is 0.366. The first-order valence-corrected chi connectivity index (χ1v) is 6.08. The van der Waals surface area contributed by atoms with Gasteiger partial charge >= 0.3 is 5.97 Å². The predicted molar refractivity (Wildman–Crippen MR) is 65.8 cm³/mol. The molecule has 1 aromatic heterocycles. The maximum atomic E-state index is 11.2. The van der Waals surface area contributed by atoms with E-state index in [0.717, 1.165) is 0 Å². The number of carbonyl (C=O) groups is 1. The van der Waals surface area contributed by atoms with Crippen LogP contribution < -0.4 is 11.3 Å². The molecule has 7 heteroatoms. The number of hydrogen-bond acceptors (Lipinski definition) is 6. The van der Waals surface area contributed by atoms with Crippen LogP contribution in [0.5, 0.6) is 0 Å². The number of nitrogens with zero attached hydrogens (tertiary/aromatic N) is 1. The number of anilines is 1. The first-order valence-electron chi connectivity index (χ1n) is 5.20. The molecule has 0 saturated carbocycles. The molecule has 0 aliphatic heterocycles. The number of nitrogens with one attached hydrogen (secondary N) is 1. The number of ether oxygens (including phenoxy) is 1. The Balaban J connectivity index is 2.58. The highest BCUT2D eigenvalue weighted by atomic mass is 32.2. The van der Waals surface area contributed by atoms with E-state index in [0.29, 0.717) is 11.8 Å². The third kappa shape index (κ3) is 4.90. The van der Waals surface area contributed by atoms with Gasteiger partial charge in [0, 0.05) is 11.3 Å². The van der Waals surface area contributed by atoms with Crippen LogP contribution in [0.1, 0.15) is 20.3 Å². The van der Waals surface area contributed by atoms with Crippen molar-refractivity contribution < 1.29 is 9.53 Å². The normalized spacial score (nSPS) is 12.1. The second kappa shape index (κ2) is 6.29. The number of thioether (sulfide) groups is 1. The number of aromatic nitrogens is 2. The molecule has 94 valence electrons. The number of hydrogen-bond donors (Lipinski definition) is 2. The minimum Gasteiger partial charge on any atom is -0.466 e.